The largest absolute Gasteiger partial charge is 0.497 e. The van der Waals surface area contributed by atoms with Crippen molar-refractivity contribution < 1.29 is 22.7 Å². The van der Waals surface area contributed by atoms with Gasteiger partial charge in [-0.2, -0.15) is 0 Å². The monoisotopic (exact) mass is 428 g/mol. The molecule has 1 amide bonds. The number of hydrogen-bond donors (Lipinski definition) is 2. The van der Waals surface area contributed by atoms with Crippen molar-refractivity contribution in [2.75, 3.05) is 17.1 Å². The van der Waals surface area contributed by atoms with Crippen LogP contribution in [0.1, 0.15) is 6.92 Å². The van der Waals surface area contributed by atoms with Crippen LogP contribution >= 0.6 is 0 Å². The number of anilines is 2. The molecule has 0 saturated heterocycles. The highest BCUT2D eigenvalue weighted by atomic mass is 32.2. The summed E-state index contributed by atoms with van der Waals surface area (Å²) in [6.45, 7) is 1.61. The number of amides is 1. The maximum atomic E-state index is 12.4. The van der Waals surface area contributed by atoms with Crippen LogP contribution in [0.2, 0.25) is 0 Å². The first-order chi connectivity index (χ1) is 14.4. The number of aromatic nitrogens is 2. The quantitative estimate of drug-likeness (QED) is 0.566. The zero-order valence-electron chi connectivity index (χ0n) is 16.3. The molecule has 2 aromatic carbocycles. The molecule has 0 saturated carbocycles. The summed E-state index contributed by atoms with van der Waals surface area (Å²) in [7, 11) is -2.30. The Morgan fingerprint density at radius 2 is 1.67 bits per heavy atom. The lowest BCUT2D eigenvalue weighted by Gasteiger charge is -2.15. The minimum atomic E-state index is -3.85. The van der Waals surface area contributed by atoms with E-state index < -0.39 is 16.1 Å². The van der Waals surface area contributed by atoms with E-state index >= 15 is 0 Å². The fraction of sp³-hybridized carbons (Fsp3) is 0.150. The van der Waals surface area contributed by atoms with E-state index in [1.807, 2.05) is 0 Å². The Kier molecular flexibility index (Phi) is 6.48. The first-order valence-electron chi connectivity index (χ1n) is 8.89. The van der Waals surface area contributed by atoms with Crippen LogP contribution in [0.15, 0.2) is 71.9 Å². The third-order valence-electron chi connectivity index (χ3n) is 3.95. The molecule has 10 heteroatoms. The van der Waals surface area contributed by atoms with Crippen molar-refractivity contribution in [1.82, 2.24) is 9.97 Å². The minimum Gasteiger partial charge on any atom is -0.497 e. The van der Waals surface area contributed by atoms with Crippen LogP contribution in [0.25, 0.3) is 0 Å². The summed E-state index contributed by atoms with van der Waals surface area (Å²) in [4.78, 5) is 20.0. The summed E-state index contributed by atoms with van der Waals surface area (Å²) in [6, 6.07) is 14.2. The Balaban J connectivity index is 1.62. The summed E-state index contributed by atoms with van der Waals surface area (Å²) < 4.78 is 37.8. The van der Waals surface area contributed by atoms with Crippen LogP contribution in [0.4, 0.5) is 11.6 Å². The first kappa shape index (κ1) is 21.1. The van der Waals surface area contributed by atoms with Crippen molar-refractivity contribution in [2.24, 2.45) is 0 Å². The maximum Gasteiger partial charge on any atom is 0.265 e. The standard InChI is InChI=1S/C20H20N4O5S/c1-14(29-17-6-3-5-16(13-17)28-2)19(25)23-15-7-9-18(10-8-15)30(26,27)24-20-21-11-4-12-22-20/h3-14H,1-2H3,(H,23,25)(H,21,22,24). The highest BCUT2D eigenvalue weighted by molar-refractivity contribution is 7.92. The highest BCUT2D eigenvalue weighted by Gasteiger charge is 2.18. The Bertz CT molecular complexity index is 1110. The smallest absolute Gasteiger partial charge is 0.265 e. The molecule has 0 spiro atoms. The third-order valence-corrected chi connectivity index (χ3v) is 5.29. The van der Waals surface area contributed by atoms with Crippen molar-refractivity contribution in [2.45, 2.75) is 17.9 Å². The molecule has 9 nitrogen and oxygen atoms in total. The Morgan fingerprint density at radius 3 is 2.33 bits per heavy atom. The van der Waals surface area contributed by atoms with Gasteiger partial charge in [-0.05, 0) is 49.4 Å². The number of methoxy groups -OCH3 is 1. The van der Waals surface area contributed by atoms with Gasteiger partial charge < -0.3 is 14.8 Å². The van der Waals surface area contributed by atoms with Crippen molar-refractivity contribution in [3.8, 4) is 11.5 Å². The van der Waals surface area contributed by atoms with E-state index in [1.165, 1.54) is 36.7 Å². The zero-order chi connectivity index (χ0) is 21.6. The number of carbonyl (C=O) groups excluding carboxylic acids is 1. The van der Waals surface area contributed by atoms with Gasteiger partial charge in [0.15, 0.2) is 6.10 Å². The van der Waals surface area contributed by atoms with Crippen molar-refractivity contribution >= 4 is 27.6 Å². The van der Waals surface area contributed by atoms with Gasteiger partial charge in [0.25, 0.3) is 15.9 Å². The minimum absolute atomic E-state index is 0.00799. The molecule has 1 aromatic heterocycles. The molecule has 0 aliphatic carbocycles. The van der Waals surface area contributed by atoms with Gasteiger partial charge >= 0.3 is 0 Å². The molecule has 1 heterocycles. The van der Waals surface area contributed by atoms with Gasteiger partial charge in [-0.25, -0.2) is 23.1 Å². The summed E-state index contributed by atoms with van der Waals surface area (Å²) in [5.74, 6) is 0.696. The van der Waals surface area contributed by atoms with Gasteiger partial charge in [0.05, 0.1) is 12.0 Å². The molecule has 3 rings (SSSR count). The fourth-order valence-electron chi connectivity index (χ4n) is 2.42. The number of hydrogen-bond acceptors (Lipinski definition) is 7. The molecule has 0 aliphatic rings. The third kappa shape index (κ3) is 5.45. The summed E-state index contributed by atoms with van der Waals surface area (Å²) in [5, 5.41) is 2.68. The molecule has 0 bridgehead atoms. The molecule has 0 fully saturated rings. The molecule has 0 aliphatic heterocycles. The van der Waals surface area contributed by atoms with E-state index in [2.05, 4.69) is 20.0 Å². The second-order valence-corrected chi connectivity index (χ2v) is 7.81. The van der Waals surface area contributed by atoms with Crippen LogP contribution < -0.4 is 19.5 Å². The van der Waals surface area contributed by atoms with E-state index in [0.717, 1.165) is 0 Å². The van der Waals surface area contributed by atoms with Crippen LogP contribution in [-0.2, 0) is 14.8 Å². The van der Waals surface area contributed by atoms with Gasteiger partial charge in [-0.3, -0.25) is 4.79 Å². The lowest BCUT2D eigenvalue weighted by Crippen LogP contribution is -2.30. The molecule has 3 aromatic rings. The van der Waals surface area contributed by atoms with Gasteiger partial charge in [0.1, 0.15) is 11.5 Å². The number of sulfonamides is 1. The Hall–Kier alpha value is -3.66. The van der Waals surface area contributed by atoms with Crippen molar-refractivity contribution in [3.05, 3.63) is 67.0 Å². The Morgan fingerprint density at radius 1 is 1.00 bits per heavy atom. The van der Waals surface area contributed by atoms with E-state index in [0.29, 0.717) is 17.2 Å². The van der Waals surface area contributed by atoms with Crippen LogP contribution in [0.5, 0.6) is 11.5 Å². The summed E-state index contributed by atoms with van der Waals surface area (Å²) in [6.07, 6.45) is 2.08. The average Bonchev–Trinajstić information content (AvgIpc) is 2.74. The van der Waals surface area contributed by atoms with Crippen LogP contribution in [0.3, 0.4) is 0 Å². The predicted molar refractivity (Wildman–Crippen MR) is 111 cm³/mol. The second kappa shape index (κ2) is 9.23. The summed E-state index contributed by atoms with van der Waals surface area (Å²) >= 11 is 0. The topological polar surface area (TPSA) is 120 Å². The van der Waals surface area contributed by atoms with Crippen LogP contribution in [-0.4, -0.2) is 37.5 Å². The van der Waals surface area contributed by atoms with Crippen molar-refractivity contribution in [3.63, 3.8) is 0 Å². The number of carbonyl (C=O) groups is 1. The first-order valence-corrected chi connectivity index (χ1v) is 10.4. The molecule has 2 N–H and O–H groups in total. The van der Waals surface area contributed by atoms with Crippen LogP contribution in [0, 0.1) is 0 Å². The molecule has 0 radical (unpaired) electrons. The van der Waals surface area contributed by atoms with Gasteiger partial charge in [-0.15, -0.1) is 0 Å². The molecule has 30 heavy (non-hydrogen) atoms. The molecule has 1 atom stereocenters. The SMILES string of the molecule is COc1cccc(OC(C)C(=O)Nc2ccc(S(=O)(=O)Nc3ncccn3)cc2)c1. The molecular formula is C20H20N4O5S. The van der Waals surface area contributed by atoms with Gasteiger partial charge in [0, 0.05) is 24.1 Å². The van der Waals surface area contributed by atoms with E-state index in [4.69, 9.17) is 9.47 Å². The molecule has 1 unspecified atom stereocenters. The summed E-state index contributed by atoms with van der Waals surface area (Å²) in [5.41, 5.74) is 0.427. The predicted octanol–water partition coefficient (Wildman–Crippen LogP) is 2.69. The molecular weight excluding hydrogens is 408 g/mol. The van der Waals surface area contributed by atoms with Crippen molar-refractivity contribution in [1.29, 1.82) is 0 Å². The number of rotatable bonds is 8. The lowest BCUT2D eigenvalue weighted by molar-refractivity contribution is -0.122. The van der Waals surface area contributed by atoms with E-state index in [9.17, 15) is 13.2 Å². The zero-order valence-corrected chi connectivity index (χ0v) is 17.1. The van der Waals surface area contributed by atoms with Gasteiger partial charge in [-0.1, -0.05) is 6.07 Å². The number of ether oxygens (including phenoxy) is 2. The number of nitrogens with zero attached hydrogens (tertiary/aromatic N) is 2. The normalized spacial score (nSPS) is 11.9. The molecule has 156 valence electrons. The number of benzene rings is 2. The highest BCUT2D eigenvalue weighted by Crippen LogP contribution is 2.21. The maximum absolute atomic E-state index is 12.4. The average molecular weight is 428 g/mol. The van der Waals surface area contributed by atoms with E-state index in [-0.39, 0.29) is 16.8 Å². The lowest BCUT2D eigenvalue weighted by atomic mass is 10.3. The Labute approximate surface area is 174 Å². The fourth-order valence-corrected chi connectivity index (χ4v) is 3.38. The van der Waals surface area contributed by atoms with E-state index in [1.54, 1.807) is 44.4 Å². The second-order valence-electron chi connectivity index (χ2n) is 6.13. The van der Waals surface area contributed by atoms with Gasteiger partial charge in [0.2, 0.25) is 5.95 Å². The number of nitrogens with one attached hydrogen (secondary N) is 2.